The molecule has 0 aromatic rings. The van der Waals surface area contributed by atoms with Crippen molar-refractivity contribution in [3.05, 3.63) is 0 Å². The Balaban J connectivity index is 1.41. The van der Waals surface area contributed by atoms with Crippen molar-refractivity contribution in [1.29, 1.82) is 0 Å². The van der Waals surface area contributed by atoms with E-state index in [1.807, 2.05) is 0 Å². The van der Waals surface area contributed by atoms with Crippen LogP contribution in [0.25, 0.3) is 0 Å². The minimum atomic E-state index is -0.789. The van der Waals surface area contributed by atoms with Crippen molar-refractivity contribution >= 4 is 9.04 Å². The van der Waals surface area contributed by atoms with Crippen LogP contribution in [0.1, 0.15) is 19.3 Å². The summed E-state index contributed by atoms with van der Waals surface area (Å²) >= 11 is 0. The molecule has 2 aliphatic heterocycles. The zero-order valence-electron chi connectivity index (χ0n) is 8.74. The minimum absolute atomic E-state index is 0.415. The van der Waals surface area contributed by atoms with E-state index in [1.54, 1.807) is 0 Å². The van der Waals surface area contributed by atoms with Crippen LogP contribution in [0.15, 0.2) is 0 Å². The van der Waals surface area contributed by atoms with Crippen LogP contribution in [-0.4, -0.2) is 41.6 Å². The van der Waals surface area contributed by atoms with E-state index in [4.69, 9.17) is 13.9 Å². The van der Waals surface area contributed by atoms with Crippen molar-refractivity contribution in [2.45, 2.75) is 37.5 Å². The number of rotatable bonds is 6. The van der Waals surface area contributed by atoms with E-state index >= 15 is 0 Å². The van der Waals surface area contributed by atoms with Gasteiger partial charge in [-0.3, -0.25) is 0 Å². The highest BCUT2D eigenvalue weighted by atomic mass is 28.3. The van der Waals surface area contributed by atoms with E-state index in [0.717, 1.165) is 26.4 Å². The van der Waals surface area contributed by atoms with Crippen molar-refractivity contribution in [3.8, 4) is 0 Å². The topological polar surface area (TPSA) is 31.0 Å². The van der Waals surface area contributed by atoms with Crippen LogP contribution in [0.5, 0.6) is 0 Å². The maximum atomic E-state index is 5.78. The third kappa shape index (κ3) is 4.08. The predicted octanol–water partition coefficient (Wildman–Crippen LogP) is 1.33. The van der Waals surface area contributed by atoms with Gasteiger partial charge in [-0.25, -0.2) is 0 Å². The second kappa shape index (κ2) is 5.85. The lowest BCUT2D eigenvalue weighted by molar-refractivity contribution is 0.116. The van der Waals surface area contributed by atoms with E-state index in [0.29, 0.717) is 6.10 Å². The summed E-state index contributed by atoms with van der Waals surface area (Å²) in [6.07, 6.45) is 4.27. The Kier molecular flexibility index (Phi) is 4.43. The van der Waals surface area contributed by atoms with Gasteiger partial charge >= 0.3 is 0 Å². The highest BCUT2D eigenvalue weighted by Crippen LogP contribution is 2.15. The van der Waals surface area contributed by atoms with E-state index in [2.05, 4.69) is 0 Å². The average molecular weight is 216 g/mol. The number of ether oxygens (including phenoxy) is 2. The first-order valence-electron chi connectivity index (χ1n) is 5.76. The molecule has 0 bridgehead atoms. The molecule has 4 heteroatoms. The van der Waals surface area contributed by atoms with Crippen molar-refractivity contribution in [2.75, 3.05) is 26.4 Å². The summed E-state index contributed by atoms with van der Waals surface area (Å²) in [5, 5.41) is 0. The quantitative estimate of drug-likeness (QED) is 0.381. The lowest BCUT2D eigenvalue weighted by atomic mass is 10.4. The molecule has 0 N–H and O–H groups in total. The molecule has 2 unspecified atom stereocenters. The van der Waals surface area contributed by atoms with Gasteiger partial charge in [0.15, 0.2) is 9.04 Å². The van der Waals surface area contributed by atoms with Crippen molar-refractivity contribution in [3.63, 3.8) is 0 Å². The Bertz CT molecular complexity index is 155. The second-order valence-corrected chi connectivity index (χ2v) is 6.89. The van der Waals surface area contributed by atoms with E-state index < -0.39 is 9.04 Å². The van der Waals surface area contributed by atoms with Crippen LogP contribution in [-0.2, 0) is 13.9 Å². The molecule has 3 nitrogen and oxygen atoms in total. The molecular weight excluding hydrogens is 196 g/mol. The summed E-state index contributed by atoms with van der Waals surface area (Å²) in [6, 6.07) is 2.68. The summed E-state index contributed by atoms with van der Waals surface area (Å²) in [6.45, 7) is 3.62. The first kappa shape index (κ1) is 10.6. The SMILES string of the molecule is C1CC[SiH](CCCOCC2CO2)OC1. The van der Waals surface area contributed by atoms with Gasteiger partial charge in [0.2, 0.25) is 0 Å². The first-order valence-corrected chi connectivity index (χ1v) is 7.86. The molecule has 0 aliphatic carbocycles. The summed E-state index contributed by atoms with van der Waals surface area (Å²) in [4.78, 5) is 0. The number of epoxide rings is 1. The smallest absolute Gasteiger partial charge is 0.177 e. The van der Waals surface area contributed by atoms with Gasteiger partial charge < -0.3 is 13.9 Å². The van der Waals surface area contributed by atoms with Crippen LogP contribution >= 0.6 is 0 Å². The van der Waals surface area contributed by atoms with Crippen LogP contribution in [0.3, 0.4) is 0 Å². The van der Waals surface area contributed by atoms with Gasteiger partial charge in [-0.05, 0) is 24.9 Å². The Morgan fingerprint density at radius 2 is 2.29 bits per heavy atom. The lowest BCUT2D eigenvalue weighted by Crippen LogP contribution is -2.23. The van der Waals surface area contributed by atoms with Gasteiger partial charge in [0.25, 0.3) is 0 Å². The van der Waals surface area contributed by atoms with Gasteiger partial charge in [-0.2, -0.15) is 0 Å². The molecule has 0 amide bonds. The molecule has 14 heavy (non-hydrogen) atoms. The molecule has 0 aromatic heterocycles. The zero-order valence-corrected chi connectivity index (χ0v) is 9.90. The fourth-order valence-electron chi connectivity index (χ4n) is 1.83. The second-order valence-electron chi connectivity index (χ2n) is 4.16. The molecule has 2 saturated heterocycles. The number of hydrogen-bond donors (Lipinski definition) is 0. The summed E-state index contributed by atoms with van der Waals surface area (Å²) in [5.74, 6) is 0. The Labute approximate surface area is 87.5 Å². The highest BCUT2D eigenvalue weighted by molar-refractivity contribution is 6.51. The van der Waals surface area contributed by atoms with E-state index in [1.165, 1.54) is 31.4 Å². The Morgan fingerprint density at radius 1 is 1.36 bits per heavy atom. The molecular formula is C10H20O3Si. The van der Waals surface area contributed by atoms with Crippen LogP contribution in [0.2, 0.25) is 12.1 Å². The number of hydrogen-bond acceptors (Lipinski definition) is 3. The van der Waals surface area contributed by atoms with Gasteiger partial charge in [0.1, 0.15) is 6.10 Å². The summed E-state index contributed by atoms with van der Waals surface area (Å²) in [5.41, 5.74) is 0. The van der Waals surface area contributed by atoms with Gasteiger partial charge in [0.05, 0.1) is 13.2 Å². The fourth-order valence-corrected chi connectivity index (χ4v) is 4.32. The molecule has 0 spiro atoms. The lowest BCUT2D eigenvalue weighted by Gasteiger charge is -2.20. The fraction of sp³-hybridized carbons (Fsp3) is 1.00. The molecule has 2 rings (SSSR count). The maximum Gasteiger partial charge on any atom is 0.177 e. The first-order chi connectivity index (χ1) is 6.95. The van der Waals surface area contributed by atoms with Gasteiger partial charge in [0, 0.05) is 13.2 Å². The molecule has 2 fully saturated rings. The van der Waals surface area contributed by atoms with Crippen LogP contribution in [0, 0.1) is 0 Å². The Hall–Kier alpha value is 0.0969. The van der Waals surface area contributed by atoms with Crippen molar-refractivity contribution in [1.82, 2.24) is 0 Å². The molecule has 0 radical (unpaired) electrons. The van der Waals surface area contributed by atoms with Gasteiger partial charge in [-0.1, -0.05) is 6.42 Å². The predicted molar refractivity (Wildman–Crippen MR) is 57.1 cm³/mol. The third-order valence-electron chi connectivity index (χ3n) is 2.79. The molecule has 2 atom stereocenters. The molecule has 0 aromatic carbocycles. The van der Waals surface area contributed by atoms with Crippen molar-refractivity contribution < 1.29 is 13.9 Å². The highest BCUT2D eigenvalue weighted by Gasteiger charge is 2.22. The average Bonchev–Trinajstić information content (AvgIpc) is 3.03. The van der Waals surface area contributed by atoms with E-state index in [9.17, 15) is 0 Å². The van der Waals surface area contributed by atoms with Crippen LogP contribution in [0.4, 0.5) is 0 Å². The third-order valence-corrected chi connectivity index (χ3v) is 5.61. The summed E-state index contributed by atoms with van der Waals surface area (Å²) in [7, 11) is -0.789. The monoisotopic (exact) mass is 216 g/mol. The summed E-state index contributed by atoms with van der Waals surface area (Å²) < 4.78 is 16.3. The standard InChI is InChI=1S/C10H20O3Si/c1-2-6-14(13-5-1)7-3-4-11-8-10-9-12-10/h10,14H,1-9H2. The Morgan fingerprint density at radius 3 is 3.00 bits per heavy atom. The molecule has 2 aliphatic rings. The van der Waals surface area contributed by atoms with Crippen LogP contribution < -0.4 is 0 Å². The largest absolute Gasteiger partial charge is 0.420 e. The van der Waals surface area contributed by atoms with Crippen molar-refractivity contribution in [2.24, 2.45) is 0 Å². The molecule has 2 heterocycles. The minimum Gasteiger partial charge on any atom is -0.420 e. The molecule has 82 valence electrons. The van der Waals surface area contributed by atoms with E-state index in [-0.39, 0.29) is 0 Å². The zero-order chi connectivity index (χ0) is 9.64. The maximum absolute atomic E-state index is 5.78. The molecule has 0 saturated carbocycles. The van der Waals surface area contributed by atoms with Gasteiger partial charge in [-0.15, -0.1) is 0 Å². The normalized spacial score (nSPS) is 31.7.